The molecule has 0 aliphatic carbocycles. The Morgan fingerprint density at radius 3 is 2.36 bits per heavy atom. The second kappa shape index (κ2) is 13.1. The van der Waals surface area contributed by atoms with E-state index in [1.54, 1.807) is 26.4 Å². The molecule has 10 nitrogen and oxygen atoms in total. The van der Waals surface area contributed by atoms with Crippen molar-refractivity contribution in [3.05, 3.63) is 52.8 Å². The molecule has 36 heavy (non-hydrogen) atoms. The molecule has 0 unspecified atom stereocenters. The number of carbonyl (C=O) groups is 1. The van der Waals surface area contributed by atoms with Gasteiger partial charge in [0.2, 0.25) is 10.0 Å². The van der Waals surface area contributed by atoms with Crippen LogP contribution in [0.2, 0.25) is 0 Å². The number of benzene rings is 1. The quantitative estimate of drug-likeness (QED) is 0.417. The first-order valence-electron chi connectivity index (χ1n) is 12.0. The maximum Gasteiger partial charge on any atom is 0.319 e. The minimum atomic E-state index is -3.71. The summed E-state index contributed by atoms with van der Waals surface area (Å²) >= 11 is 0. The van der Waals surface area contributed by atoms with Crippen molar-refractivity contribution >= 4 is 21.7 Å². The zero-order valence-electron chi connectivity index (χ0n) is 21.5. The number of methoxy groups -OCH3 is 2. The van der Waals surface area contributed by atoms with E-state index in [-0.39, 0.29) is 23.6 Å². The van der Waals surface area contributed by atoms with E-state index in [4.69, 9.17) is 9.47 Å². The van der Waals surface area contributed by atoms with Gasteiger partial charge in [0, 0.05) is 50.4 Å². The average molecular weight is 520 g/mol. The monoisotopic (exact) mass is 519 g/mol. The van der Waals surface area contributed by atoms with Gasteiger partial charge in [0.05, 0.1) is 18.1 Å². The Bertz CT molecular complexity index is 1110. The molecule has 1 aliphatic rings. The second-order valence-corrected chi connectivity index (χ2v) is 10.7. The van der Waals surface area contributed by atoms with Crippen LogP contribution < -0.4 is 15.4 Å². The molecule has 1 aromatic heterocycles. The Balaban J connectivity index is 1.46. The molecule has 1 aliphatic heterocycles. The van der Waals surface area contributed by atoms with Crippen LogP contribution in [-0.2, 0) is 32.7 Å². The fourth-order valence-electron chi connectivity index (χ4n) is 4.35. The lowest BCUT2D eigenvalue weighted by molar-refractivity contribution is 0.180. The standard InChI is InChI=1S/C25H37N5O5S/c1-18-13-23(14-19(2)27-18)28-25(31)26-9-12-30-10-7-22(8-11-30)29-36(32,33)24-15-20(16-34-3)5-6-21(24)17-35-4/h5-6,13-15,22,29H,7-12,16-17H2,1-4H3,(H2,26,27,28,31). The first kappa shape index (κ1) is 28.0. The number of aromatic nitrogens is 1. The predicted molar refractivity (Wildman–Crippen MR) is 138 cm³/mol. The number of hydrogen-bond acceptors (Lipinski definition) is 7. The highest BCUT2D eigenvalue weighted by Crippen LogP contribution is 2.21. The lowest BCUT2D eigenvalue weighted by atomic mass is 10.1. The molecule has 3 N–H and O–H groups in total. The maximum absolute atomic E-state index is 13.2. The molecular weight excluding hydrogens is 482 g/mol. The topological polar surface area (TPSA) is 122 Å². The van der Waals surface area contributed by atoms with Crippen molar-refractivity contribution < 1.29 is 22.7 Å². The summed E-state index contributed by atoms with van der Waals surface area (Å²) in [6, 6.07) is 8.51. The third kappa shape index (κ3) is 8.24. The maximum atomic E-state index is 13.2. The third-order valence-electron chi connectivity index (χ3n) is 5.99. The van der Waals surface area contributed by atoms with Gasteiger partial charge in [-0.3, -0.25) is 4.98 Å². The molecule has 11 heteroatoms. The Morgan fingerprint density at radius 2 is 1.72 bits per heavy atom. The molecule has 1 fully saturated rings. The number of urea groups is 1. The number of sulfonamides is 1. The SMILES string of the molecule is COCc1ccc(COC)c(S(=O)(=O)NC2CCN(CCNC(=O)Nc3cc(C)nc(C)c3)CC2)c1. The highest BCUT2D eigenvalue weighted by atomic mass is 32.2. The molecular formula is C25H37N5O5S. The second-order valence-electron chi connectivity index (χ2n) is 9.06. The van der Waals surface area contributed by atoms with Crippen molar-refractivity contribution in [2.24, 2.45) is 0 Å². The minimum absolute atomic E-state index is 0.151. The van der Waals surface area contributed by atoms with Gasteiger partial charge in [-0.15, -0.1) is 0 Å². The van der Waals surface area contributed by atoms with Crippen LogP contribution in [0.5, 0.6) is 0 Å². The van der Waals surface area contributed by atoms with E-state index in [0.717, 1.165) is 30.0 Å². The van der Waals surface area contributed by atoms with Gasteiger partial charge in [0.15, 0.2) is 0 Å². The van der Waals surface area contributed by atoms with Gasteiger partial charge in [-0.1, -0.05) is 12.1 Å². The largest absolute Gasteiger partial charge is 0.380 e. The summed E-state index contributed by atoms with van der Waals surface area (Å²) in [5, 5.41) is 5.71. The molecule has 0 bridgehead atoms. The van der Waals surface area contributed by atoms with Crippen molar-refractivity contribution in [1.82, 2.24) is 19.9 Å². The number of likely N-dealkylation sites (tertiary alicyclic amines) is 1. The Kier molecular flexibility index (Phi) is 10.2. The number of piperidine rings is 1. The van der Waals surface area contributed by atoms with E-state index in [2.05, 4.69) is 25.2 Å². The van der Waals surface area contributed by atoms with Crippen LogP contribution >= 0.6 is 0 Å². The summed E-state index contributed by atoms with van der Waals surface area (Å²) in [6.07, 6.45) is 1.39. The number of amides is 2. The smallest absolute Gasteiger partial charge is 0.319 e. The molecule has 1 saturated heterocycles. The van der Waals surface area contributed by atoms with Crippen LogP contribution in [0, 0.1) is 13.8 Å². The molecule has 2 amide bonds. The zero-order chi connectivity index (χ0) is 26.1. The lowest BCUT2D eigenvalue weighted by Crippen LogP contribution is -2.46. The van der Waals surface area contributed by atoms with Crippen molar-refractivity contribution in [1.29, 1.82) is 0 Å². The molecule has 0 spiro atoms. The van der Waals surface area contributed by atoms with Gasteiger partial charge >= 0.3 is 6.03 Å². The van der Waals surface area contributed by atoms with Gasteiger partial charge in [-0.05, 0) is 69.1 Å². The van der Waals surface area contributed by atoms with Crippen LogP contribution in [0.4, 0.5) is 10.5 Å². The van der Waals surface area contributed by atoms with E-state index in [1.165, 1.54) is 0 Å². The summed E-state index contributed by atoms with van der Waals surface area (Å²) < 4.78 is 39.6. The normalized spacial score (nSPS) is 15.1. The fourth-order valence-corrected chi connectivity index (χ4v) is 5.93. The van der Waals surface area contributed by atoms with Crippen LogP contribution in [0.3, 0.4) is 0 Å². The highest BCUT2D eigenvalue weighted by Gasteiger charge is 2.26. The average Bonchev–Trinajstić information content (AvgIpc) is 2.80. The minimum Gasteiger partial charge on any atom is -0.380 e. The van der Waals surface area contributed by atoms with Crippen LogP contribution in [-0.4, -0.2) is 70.8 Å². The fraction of sp³-hybridized carbons (Fsp3) is 0.520. The Hall–Kier alpha value is -2.57. The van der Waals surface area contributed by atoms with Crippen molar-refractivity contribution in [3.8, 4) is 0 Å². The molecule has 2 heterocycles. The van der Waals surface area contributed by atoms with E-state index < -0.39 is 10.0 Å². The zero-order valence-corrected chi connectivity index (χ0v) is 22.3. The Labute approximate surface area is 213 Å². The number of nitrogens with zero attached hydrogens (tertiary/aromatic N) is 2. The molecule has 0 saturated carbocycles. The van der Waals surface area contributed by atoms with Crippen LogP contribution in [0.1, 0.15) is 35.4 Å². The van der Waals surface area contributed by atoms with Crippen molar-refractivity contribution in [2.45, 2.75) is 50.8 Å². The highest BCUT2D eigenvalue weighted by molar-refractivity contribution is 7.89. The van der Waals surface area contributed by atoms with E-state index in [9.17, 15) is 13.2 Å². The molecule has 198 valence electrons. The van der Waals surface area contributed by atoms with Crippen LogP contribution in [0.15, 0.2) is 35.2 Å². The number of hydrogen-bond donors (Lipinski definition) is 3. The molecule has 2 aromatic rings. The summed E-state index contributed by atoms with van der Waals surface area (Å²) in [5.41, 5.74) is 3.82. The third-order valence-corrected chi connectivity index (χ3v) is 7.60. The molecule has 3 rings (SSSR count). The number of aryl methyl sites for hydroxylation is 2. The summed E-state index contributed by atoms with van der Waals surface area (Å²) in [7, 11) is -0.588. The van der Waals surface area contributed by atoms with Gasteiger partial charge < -0.3 is 25.0 Å². The number of pyridine rings is 1. The number of carbonyl (C=O) groups excluding carboxylic acids is 1. The number of nitrogens with one attached hydrogen (secondary N) is 3. The molecule has 0 radical (unpaired) electrons. The number of rotatable bonds is 11. The van der Waals surface area contributed by atoms with Gasteiger partial charge in [0.1, 0.15) is 0 Å². The first-order valence-corrected chi connectivity index (χ1v) is 13.5. The van der Waals surface area contributed by atoms with Crippen LogP contribution in [0.25, 0.3) is 0 Å². The number of ether oxygens (including phenoxy) is 2. The van der Waals surface area contributed by atoms with Gasteiger partial charge in [0.25, 0.3) is 0 Å². The summed E-state index contributed by atoms with van der Waals surface area (Å²) in [4.78, 5) is 19.0. The number of anilines is 1. The summed E-state index contributed by atoms with van der Waals surface area (Å²) in [5.74, 6) is 0. The van der Waals surface area contributed by atoms with E-state index in [0.29, 0.717) is 43.8 Å². The molecule has 0 atom stereocenters. The van der Waals surface area contributed by atoms with E-state index >= 15 is 0 Å². The lowest BCUT2D eigenvalue weighted by Gasteiger charge is -2.32. The van der Waals surface area contributed by atoms with Gasteiger partial charge in [-0.2, -0.15) is 0 Å². The summed E-state index contributed by atoms with van der Waals surface area (Å²) in [6.45, 7) is 7.00. The van der Waals surface area contributed by atoms with E-state index in [1.807, 2.05) is 32.0 Å². The predicted octanol–water partition coefficient (Wildman–Crippen LogP) is 2.56. The molecule has 1 aromatic carbocycles. The van der Waals surface area contributed by atoms with Crippen molar-refractivity contribution in [3.63, 3.8) is 0 Å². The first-order chi connectivity index (χ1) is 17.2. The van der Waals surface area contributed by atoms with Crippen molar-refractivity contribution in [2.75, 3.05) is 45.7 Å². The Morgan fingerprint density at radius 1 is 1.06 bits per heavy atom. The van der Waals surface area contributed by atoms with Gasteiger partial charge in [-0.25, -0.2) is 17.9 Å².